The van der Waals surface area contributed by atoms with Crippen molar-refractivity contribution in [2.75, 3.05) is 19.8 Å². The van der Waals surface area contributed by atoms with Gasteiger partial charge in [0, 0.05) is 12.1 Å². The summed E-state index contributed by atoms with van der Waals surface area (Å²) < 4.78 is 5.08. The number of rotatable bonds is 2. The van der Waals surface area contributed by atoms with E-state index in [-0.39, 0.29) is 19.1 Å². The number of carboxylic acids is 1. The molecule has 0 radical (unpaired) electrons. The fourth-order valence-electron chi connectivity index (χ4n) is 1.90. The molecule has 2 rings (SSSR count). The average molecular weight is 260 g/mol. The molecule has 0 spiro atoms. The summed E-state index contributed by atoms with van der Waals surface area (Å²) in [5.74, 6) is -1.44. The van der Waals surface area contributed by atoms with Gasteiger partial charge in [0.05, 0.1) is 24.8 Å². The Labute approximate surface area is 109 Å². The van der Waals surface area contributed by atoms with Gasteiger partial charge in [-0.1, -0.05) is 0 Å². The smallest absolute Gasteiger partial charge is 0.328 e. The largest absolute Gasteiger partial charge is 0.480 e. The first kappa shape index (κ1) is 13.1. The van der Waals surface area contributed by atoms with Crippen LogP contribution in [0.5, 0.6) is 0 Å². The molecule has 1 atom stereocenters. The van der Waals surface area contributed by atoms with Crippen molar-refractivity contribution in [3.8, 4) is 6.07 Å². The highest BCUT2D eigenvalue weighted by Crippen LogP contribution is 2.13. The number of hydrogen-bond acceptors (Lipinski definition) is 4. The first-order valence-electron chi connectivity index (χ1n) is 5.75. The number of carbonyl (C=O) groups excluding carboxylic acids is 1. The van der Waals surface area contributed by atoms with Crippen LogP contribution in [-0.4, -0.2) is 47.7 Å². The van der Waals surface area contributed by atoms with Gasteiger partial charge in [-0.25, -0.2) is 4.79 Å². The zero-order chi connectivity index (χ0) is 13.8. The average Bonchev–Trinajstić information content (AvgIpc) is 2.46. The summed E-state index contributed by atoms with van der Waals surface area (Å²) in [6, 6.07) is 7.11. The van der Waals surface area contributed by atoms with E-state index in [1.165, 1.54) is 29.2 Å². The molecule has 0 aliphatic carbocycles. The molecular formula is C13H12N2O4. The molecule has 1 fully saturated rings. The van der Waals surface area contributed by atoms with Crippen molar-refractivity contribution >= 4 is 11.9 Å². The van der Waals surface area contributed by atoms with Crippen LogP contribution in [0.15, 0.2) is 24.3 Å². The summed E-state index contributed by atoms with van der Waals surface area (Å²) in [7, 11) is 0. The number of carboxylic acid groups (broad SMARTS) is 1. The van der Waals surface area contributed by atoms with Gasteiger partial charge in [0.2, 0.25) is 0 Å². The van der Waals surface area contributed by atoms with Crippen molar-refractivity contribution in [3.05, 3.63) is 35.4 Å². The quantitative estimate of drug-likeness (QED) is 0.835. The number of nitrogens with zero attached hydrogens (tertiary/aromatic N) is 2. The van der Waals surface area contributed by atoms with Crippen molar-refractivity contribution in [2.45, 2.75) is 6.04 Å². The van der Waals surface area contributed by atoms with Crippen LogP contribution in [0.25, 0.3) is 0 Å². The van der Waals surface area contributed by atoms with Crippen molar-refractivity contribution in [2.24, 2.45) is 0 Å². The lowest BCUT2D eigenvalue weighted by molar-refractivity contribution is -0.147. The second kappa shape index (κ2) is 5.50. The van der Waals surface area contributed by atoms with E-state index in [1.807, 2.05) is 6.07 Å². The standard InChI is InChI=1S/C13H12N2O4/c14-7-9-1-3-10(4-2-9)12(16)15-5-6-19-8-11(15)13(17)18/h1-4,11H,5-6,8H2,(H,17,18). The third kappa shape index (κ3) is 2.72. The second-order valence-corrected chi connectivity index (χ2v) is 4.12. The Bertz CT molecular complexity index is 533. The number of nitriles is 1. The Hall–Kier alpha value is -2.39. The molecule has 1 saturated heterocycles. The van der Waals surface area contributed by atoms with Gasteiger partial charge in [-0.2, -0.15) is 5.26 Å². The highest BCUT2D eigenvalue weighted by molar-refractivity contribution is 5.96. The fourth-order valence-corrected chi connectivity index (χ4v) is 1.90. The predicted octanol–water partition coefficient (Wildman–Crippen LogP) is 0.484. The molecule has 1 unspecified atom stereocenters. The number of carbonyl (C=O) groups is 2. The molecule has 1 aromatic rings. The van der Waals surface area contributed by atoms with E-state index >= 15 is 0 Å². The summed E-state index contributed by atoms with van der Waals surface area (Å²) in [4.78, 5) is 24.6. The van der Waals surface area contributed by atoms with E-state index in [2.05, 4.69) is 0 Å². The highest BCUT2D eigenvalue weighted by atomic mass is 16.5. The Morgan fingerprint density at radius 1 is 1.37 bits per heavy atom. The van der Waals surface area contributed by atoms with Crippen LogP contribution in [0.3, 0.4) is 0 Å². The minimum absolute atomic E-state index is 0.00263. The van der Waals surface area contributed by atoms with Gasteiger partial charge >= 0.3 is 5.97 Å². The maximum atomic E-state index is 12.2. The third-order valence-corrected chi connectivity index (χ3v) is 2.94. The SMILES string of the molecule is N#Cc1ccc(C(=O)N2CCOCC2C(=O)O)cc1. The monoisotopic (exact) mass is 260 g/mol. The van der Waals surface area contributed by atoms with Gasteiger partial charge in [-0.15, -0.1) is 0 Å². The van der Waals surface area contributed by atoms with Gasteiger partial charge in [0.15, 0.2) is 6.04 Å². The zero-order valence-corrected chi connectivity index (χ0v) is 10.1. The Balaban J connectivity index is 2.21. The maximum Gasteiger partial charge on any atom is 0.328 e. The third-order valence-electron chi connectivity index (χ3n) is 2.94. The van der Waals surface area contributed by atoms with E-state index in [0.29, 0.717) is 17.7 Å². The van der Waals surface area contributed by atoms with E-state index in [1.54, 1.807) is 0 Å². The number of ether oxygens (including phenoxy) is 1. The van der Waals surface area contributed by atoms with Crippen molar-refractivity contribution < 1.29 is 19.4 Å². The number of amides is 1. The number of aliphatic carboxylic acids is 1. The van der Waals surface area contributed by atoms with Crippen LogP contribution in [0.2, 0.25) is 0 Å². The molecule has 0 bridgehead atoms. The summed E-state index contributed by atoms with van der Waals surface area (Å²) in [6.07, 6.45) is 0. The highest BCUT2D eigenvalue weighted by Gasteiger charge is 2.33. The van der Waals surface area contributed by atoms with Gasteiger partial charge in [0.25, 0.3) is 5.91 Å². The van der Waals surface area contributed by atoms with E-state index in [0.717, 1.165) is 0 Å². The zero-order valence-electron chi connectivity index (χ0n) is 10.1. The molecule has 1 aromatic carbocycles. The van der Waals surface area contributed by atoms with E-state index in [9.17, 15) is 9.59 Å². The molecule has 1 amide bonds. The molecule has 98 valence electrons. The molecule has 6 nitrogen and oxygen atoms in total. The molecule has 1 aliphatic rings. The predicted molar refractivity (Wildman–Crippen MR) is 64.4 cm³/mol. The van der Waals surface area contributed by atoms with Crippen LogP contribution in [0, 0.1) is 11.3 Å². The summed E-state index contributed by atoms with van der Waals surface area (Å²) in [6.45, 7) is 0.568. The first-order valence-corrected chi connectivity index (χ1v) is 5.75. The van der Waals surface area contributed by atoms with Crippen LogP contribution in [0.4, 0.5) is 0 Å². The molecule has 1 aliphatic heterocycles. The maximum absolute atomic E-state index is 12.2. The first-order chi connectivity index (χ1) is 9.13. The lowest BCUT2D eigenvalue weighted by Gasteiger charge is -2.32. The van der Waals surface area contributed by atoms with E-state index < -0.39 is 12.0 Å². The van der Waals surface area contributed by atoms with Crippen LogP contribution in [-0.2, 0) is 9.53 Å². The molecular weight excluding hydrogens is 248 g/mol. The summed E-state index contributed by atoms with van der Waals surface area (Å²) in [5.41, 5.74) is 0.820. The molecule has 19 heavy (non-hydrogen) atoms. The van der Waals surface area contributed by atoms with Crippen molar-refractivity contribution in [1.82, 2.24) is 4.90 Å². The molecule has 0 aromatic heterocycles. The van der Waals surface area contributed by atoms with Crippen LogP contribution in [0.1, 0.15) is 15.9 Å². The summed E-state index contributed by atoms with van der Waals surface area (Å²) >= 11 is 0. The van der Waals surface area contributed by atoms with E-state index in [4.69, 9.17) is 15.1 Å². The molecule has 6 heteroatoms. The van der Waals surface area contributed by atoms with Crippen LogP contribution < -0.4 is 0 Å². The molecule has 1 heterocycles. The number of benzene rings is 1. The van der Waals surface area contributed by atoms with Gasteiger partial charge in [0.1, 0.15) is 0 Å². The topological polar surface area (TPSA) is 90.6 Å². The number of hydrogen-bond donors (Lipinski definition) is 1. The Morgan fingerprint density at radius 3 is 2.63 bits per heavy atom. The Kier molecular flexibility index (Phi) is 3.78. The molecule has 0 saturated carbocycles. The number of morpholine rings is 1. The van der Waals surface area contributed by atoms with Crippen molar-refractivity contribution in [1.29, 1.82) is 5.26 Å². The van der Waals surface area contributed by atoms with Gasteiger partial charge in [-0.3, -0.25) is 4.79 Å². The van der Waals surface area contributed by atoms with Crippen molar-refractivity contribution in [3.63, 3.8) is 0 Å². The minimum Gasteiger partial charge on any atom is -0.480 e. The Morgan fingerprint density at radius 2 is 2.05 bits per heavy atom. The van der Waals surface area contributed by atoms with Crippen LogP contribution >= 0.6 is 0 Å². The lowest BCUT2D eigenvalue weighted by atomic mass is 10.1. The second-order valence-electron chi connectivity index (χ2n) is 4.12. The molecule has 1 N–H and O–H groups in total. The fraction of sp³-hybridized carbons (Fsp3) is 0.308. The van der Waals surface area contributed by atoms with Gasteiger partial charge in [-0.05, 0) is 24.3 Å². The summed E-state index contributed by atoms with van der Waals surface area (Å²) in [5, 5.41) is 17.8. The lowest BCUT2D eigenvalue weighted by Crippen LogP contribution is -2.52. The minimum atomic E-state index is -1.08. The van der Waals surface area contributed by atoms with Gasteiger partial charge < -0.3 is 14.7 Å². The normalized spacial score (nSPS) is 18.7.